The third-order valence-electron chi connectivity index (χ3n) is 8.31. The van der Waals surface area contributed by atoms with Crippen molar-refractivity contribution in [3.05, 3.63) is 12.7 Å². The molecule has 3 rings (SSSR count). The molecule has 0 aromatic heterocycles. The molecule has 0 aliphatic carbocycles. The molecule has 0 aromatic rings. The number of carbonyl (C=O) groups is 3. The molecule has 34 heavy (non-hydrogen) atoms. The van der Waals surface area contributed by atoms with Crippen molar-refractivity contribution in [1.82, 2.24) is 9.80 Å². The van der Waals surface area contributed by atoms with Crippen LogP contribution in [0.25, 0.3) is 0 Å². The maximum atomic E-state index is 14.3. The summed E-state index contributed by atoms with van der Waals surface area (Å²) in [5, 5.41) is 20.5. The van der Waals surface area contributed by atoms with Crippen molar-refractivity contribution in [1.29, 1.82) is 0 Å². The summed E-state index contributed by atoms with van der Waals surface area (Å²) in [5.74, 6) is -3.42. The van der Waals surface area contributed by atoms with Crippen molar-refractivity contribution in [2.24, 2.45) is 17.8 Å². The minimum Gasteiger partial charge on any atom is -0.481 e. The van der Waals surface area contributed by atoms with Crippen LogP contribution in [0.5, 0.6) is 0 Å². The average Bonchev–Trinajstić information content (AvgIpc) is 3.39. The minimum absolute atomic E-state index is 0.0745. The summed E-state index contributed by atoms with van der Waals surface area (Å²) >= 11 is 0. The normalized spacial score (nSPS) is 33.8. The van der Waals surface area contributed by atoms with E-state index in [1.807, 2.05) is 27.7 Å². The van der Waals surface area contributed by atoms with Crippen LogP contribution in [0.3, 0.4) is 0 Å². The lowest BCUT2D eigenvalue weighted by atomic mass is 9.65. The number of likely N-dealkylation sites (tertiary alicyclic amines) is 1. The Morgan fingerprint density at radius 2 is 1.97 bits per heavy atom. The first-order valence-electron chi connectivity index (χ1n) is 12.8. The number of carboxylic acid groups (broad SMARTS) is 1. The lowest BCUT2D eigenvalue weighted by molar-refractivity contribution is -0.161. The van der Waals surface area contributed by atoms with Crippen molar-refractivity contribution >= 4 is 17.8 Å². The number of aliphatic carboxylic acids is 1. The topological polar surface area (TPSA) is 107 Å². The van der Waals surface area contributed by atoms with E-state index in [0.29, 0.717) is 32.2 Å². The van der Waals surface area contributed by atoms with Gasteiger partial charge in [0.05, 0.1) is 24.2 Å². The van der Waals surface area contributed by atoms with Gasteiger partial charge in [0.15, 0.2) is 0 Å². The summed E-state index contributed by atoms with van der Waals surface area (Å²) in [6.07, 6.45) is 5.31. The van der Waals surface area contributed by atoms with E-state index in [9.17, 15) is 24.6 Å². The van der Waals surface area contributed by atoms with Crippen molar-refractivity contribution in [2.75, 3.05) is 13.2 Å². The maximum absolute atomic E-state index is 14.3. The Hall–Kier alpha value is -1.93. The Labute approximate surface area is 203 Å². The molecular weight excluding hydrogens is 436 g/mol. The Morgan fingerprint density at radius 1 is 1.29 bits per heavy atom. The Morgan fingerprint density at radius 3 is 2.47 bits per heavy atom. The average molecular weight is 479 g/mol. The zero-order valence-electron chi connectivity index (χ0n) is 21.3. The van der Waals surface area contributed by atoms with E-state index in [1.54, 1.807) is 11.0 Å². The number of fused-ring (bicyclic) bond motifs is 1. The Balaban J connectivity index is 2.16. The molecule has 3 aliphatic rings. The first-order valence-corrected chi connectivity index (χ1v) is 12.8. The fourth-order valence-electron chi connectivity index (χ4n) is 6.88. The van der Waals surface area contributed by atoms with Crippen LogP contribution in [-0.2, 0) is 19.1 Å². The molecule has 2 amide bonds. The predicted octanol–water partition coefficient (Wildman–Crippen LogP) is 2.84. The van der Waals surface area contributed by atoms with Gasteiger partial charge >= 0.3 is 5.97 Å². The molecular formula is C26H42N2O6. The third-order valence-corrected chi connectivity index (χ3v) is 8.31. The number of ether oxygens (including phenoxy) is 1. The molecule has 7 atom stereocenters. The SMILES string of the molecule is C=CCN(C(=O)C1N([C@@H](CO)CC(C)C)C(=O)[C@@H]2[C@@H](C(=O)O)[C@@]3(CC)CCC12O3)C(C)CCC. The molecule has 3 saturated heterocycles. The van der Waals surface area contributed by atoms with Gasteiger partial charge in [-0.2, -0.15) is 0 Å². The number of hydrogen-bond acceptors (Lipinski definition) is 5. The van der Waals surface area contributed by atoms with E-state index in [4.69, 9.17) is 4.74 Å². The summed E-state index contributed by atoms with van der Waals surface area (Å²) < 4.78 is 6.60. The van der Waals surface area contributed by atoms with Crippen molar-refractivity contribution in [3.8, 4) is 0 Å². The zero-order chi connectivity index (χ0) is 25.4. The summed E-state index contributed by atoms with van der Waals surface area (Å²) in [4.78, 5) is 44.0. The Bertz CT molecular complexity index is 815. The van der Waals surface area contributed by atoms with Gasteiger partial charge in [-0.25, -0.2) is 0 Å². The van der Waals surface area contributed by atoms with Gasteiger partial charge in [-0.15, -0.1) is 6.58 Å². The minimum atomic E-state index is -1.19. The van der Waals surface area contributed by atoms with Crippen LogP contribution in [0.4, 0.5) is 0 Å². The second-order valence-electron chi connectivity index (χ2n) is 10.8. The number of rotatable bonds is 12. The van der Waals surface area contributed by atoms with E-state index in [2.05, 4.69) is 13.5 Å². The lowest BCUT2D eigenvalue weighted by Gasteiger charge is -2.41. The third kappa shape index (κ3) is 3.96. The largest absolute Gasteiger partial charge is 0.481 e. The smallest absolute Gasteiger partial charge is 0.310 e. The number of carbonyl (C=O) groups excluding carboxylic acids is 2. The van der Waals surface area contributed by atoms with Gasteiger partial charge in [-0.05, 0) is 44.9 Å². The van der Waals surface area contributed by atoms with Crippen molar-refractivity contribution < 1.29 is 29.3 Å². The van der Waals surface area contributed by atoms with Crippen LogP contribution >= 0.6 is 0 Å². The molecule has 3 unspecified atom stereocenters. The summed E-state index contributed by atoms with van der Waals surface area (Å²) in [5.41, 5.74) is -2.13. The van der Waals surface area contributed by atoms with Gasteiger partial charge in [0.25, 0.3) is 0 Å². The second-order valence-corrected chi connectivity index (χ2v) is 10.8. The van der Waals surface area contributed by atoms with E-state index in [0.717, 1.165) is 12.8 Å². The molecule has 8 heteroatoms. The highest BCUT2D eigenvalue weighted by molar-refractivity contribution is 5.98. The standard InChI is InChI=1S/C26H42N2O6/c1-7-10-17(6)27(13-8-2)23(31)21-26-12-11-25(9-3,34-26)20(24(32)33)19(26)22(30)28(21)18(15-29)14-16(4)5/h8,16-21,29H,2,7,9-15H2,1,3-6H3,(H,32,33)/t17?,18-,19+,20+,21?,25-,26?/m1/s1. The molecule has 8 nitrogen and oxygen atoms in total. The van der Waals surface area contributed by atoms with Crippen molar-refractivity contribution in [2.45, 2.75) is 102 Å². The molecule has 0 aromatic carbocycles. The van der Waals surface area contributed by atoms with Crippen LogP contribution < -0.4 is 0 Å². The number of hydrogen-bond donors (Lipinski definition) is 2. The quantitative estimate of drug-likeness (QED) is 0.418. The number of aliphatic hydroxyl groups is 1. The first-order chi connectivity index (χ1) is 16.0. The first kappa shape index (κ1) is 26.7. The van der Waals surface area contributed by atoms with E-state index in [1.165, 1.54) is 4.90 Å². The number of amides is 2. The molecule has 0 saturated carbocycles. The second kappa shape index (κ2) is 9.97. The van der Waals surface area contributed by atoms with E-state index in [-0.39, 0.29) is 30.4 Å². The number of aliphatic hydroxyl groups excluding tert-OH is 1. The van der Waals surface area contributed by atoms with E-state index >= 15 is 0 Å². The van der Waals surface area contributed by atoms with Gasteiger partial charge in [-0.3, -0.25) is 14.4 Å². The molecule has 192 valence electrons. The summed E-state index contributed by atoms with van der Waals surface area (Å²) in [6.45, 7) is 13.8. The van der Waals surface area contributed by atoms with Gasteiger partial charge in [0, 0.05) is 12.6 Å². The highest BCUT2D eigenvalue weighted by Gasteiger charge is 2.79. The van der Waals surface area contributed by atoms with Crippen LogP contribution in [0.1, 0.15) is 73.1 Å². The van der Waals surface area contributed by atoms with Crippen LogP contribution in [-0.4, -0.2) is 80.3 Å². The van der Waals surface area contributed by atoms with Crippen LogP contribution in [0.2, 0.25) is 0 Å². The molecule has 3 aliphatic heterocycles. The van der Waals surface area contributed by atoms with Gasteiger partial charge in [0.1, 0.15) is 17.6 Å². The fourth-order valence-corrected chi connectivity index (χ4v) is 6.88. The fraction of sp³-hybridized carbons (Fsp3) is 0.808. The van der Waals surface area contributed by atoms with Crippen LogP contribution in [0.15, 0.2) is 12.7 Å². The predicted molar refractivity (Wildman–Crippen MR) is 128 cm³/mol. The highest BCUT2D eigenvalue weighted by atomic mass is 16.5. The molecule has 3 heterocycles. The summed E-state index contributed by atoms with van der Waals surface area (Å²) in [7, 11) is 0. The Kier molecular flexibility index (Phi) is 7.82. The maximum Gasteiger partial charge on any atom is 0.310 e. The molecule has 1 spiro atoms. The summed E-state index contributed by atoms with van der Waals surface area (Å²) in [6, 6.07) is -1.62. The zero-order valence-corrected chi connectivity index (χ0v) is 21.3. The van der Waals surface area contributed by atoms with Crippen LogP contribution in [0, 0.1) is 17.8 Å². The lowest BCUT2D eigenvalue weighted by Crippen LogP contribution is -2.60. The molecule has 2 N–H and O–H groups in total. The van der Waals surface area contributed by atoms with Gasteiger partial charge < -0.3 is 24.7 Å². The highest BCUT2D eigenvalue weighted by Crippen LogP contribution is 2.64. The number of nitrogens with zero attached hydrogens (tertiary/aromatic N) is 2. The molecule has 2 bridgehead atoms. The molecule has 0 radical (unpaired) electrons. The molecule has 3 fully saturated rings. The van der Waals surface area contributed by atoms with Gasteiger partial charge in [0.2, 0.25) is 11.8 Å². The van der Waals surface area contributed by atoms with E-state index < -0.39 is 41.1 Å². The number of carboxylic acids is 1. The van der Waals surface area contributed by atoms with Gasteiger partial charge in [-0.1, -0.05) is 40.2 Å². The van der Waals surface area contributed by atoms with Crippen molar-refractivity contribution in [3.63, 3.8) is 0 Å². The monoisotopic (exact) mass is 478 g/mol.